The number of carbonyl (C=O) groups excluding carboxylic acids is 3. The Morgan fingerprint density at radius 1 is 1.06 bits per heavy atom. The van der Waals surface area contributed by atoms with Gasteiger partial charge in [-0.05, 0) is 79.9 Å². The molecule has 0 fully saturated rings. The molecule has 192 valence electrons. The number of aliphatic hydroxyl groups excluding tert-OH is 1. The maximum Gasteiger partial charge on any atom is 0.408 e. The minimum atomic E-state index is -1.28. The zero-order valence-corrected chi connectivity index (χ0v) is 22.4. The van der Waals surface area contributed by atoms with Crippen LogP contribution < -0.4 is 10.6 Å². The number of aliphatic hydroxyl groups is 1. The van der Waals surface area contributed by atoms with Crippen LogP contribution in [-0.4, -0.2) is 57.7 Å². The van der Waals surface area contributed by atoms with E-state index in [1.807, 2.05) is 66.7 Å². The molecular weight excluding hydrogens is 434 g/mol. The van der Waals surface area contributed by atoms with Crippen LogP contribution in [0.15, 0.2) is 18.2 Å². The monoisotopic (exact) mass is 477 g/mol. The Kier molecular flexibility index (Phi) is 10.1. The molecule has 8 nitrogen and oxygen atoms in total. The topological polar surface area (TPSA) is 108 Å². The van der Waals surface area contributed by atoms with Gasteiger partial charge in [0.15, 0.2) is 0 Å². The third-order valence-electron chi connectivity index (χ3n) is 5.59. The van der Waals surface area contributed by atoms with Gasteiger partial charge in [0.2, 0.25) is 11.8 Å². The van der Waals surface area contributed by atoms with Crippen LogP contribution >= 0.6 is 0 Å². The Balaban J connectivity index is 3.62. The molecule has 8 heteroatoms. The number of carbonyl (C=O) groups is 3. The normalized spacial score (nSPS) is 13.8. The lowest BCUT2D eigenvalue weighted by Crippen LogP contribution is -2.60. The molecule has 0 bridgehead atoms. The van der Waals surface area contributed by atoms with Crippen LogP contribution in [0.1, 0.15) is 84.5 Å². The van der Waals surface area contributed by atoms with E-state index in [-0.39, 0.29) is 11.9 Å². The van der Waals surface area contributed by atoms with Gasteiger partial charge in [0.05, 0.1) is 6.61 Å². The average Bonchev–Trinajstić information content (AvgIpc) is 2.69. The molecule has 0 saturated carbocycles. The molecule has 0 aliphatic rings. The summed E-state index contributed by atoms with van der Waals surface area (Å²) in [5.41, 5.74) is 0.973. The number of nitrogens with zero attached hydrogens (tertiary/aromatic N) is 1. The van der Waals surface area contributed by atoms with Gasteiger partial charge in [-0.2, -0.15) is 0 Å². The minimum Gasteiger partial charge on any atom is -0.444 e. The van der Waals surface area contributed by atoms with E-state index < -0.39 is 41.8 Å². The number of hydrogen-bond donors (Lipinski definition) is 3. The van der Waals surface area contributed by atoms with Gasteiger partial charge < -0.3 is 25.4 Å². The largest absolute Gasteiger partial charge is 0.444 e. The van der Waals surface area contributed by atoms with E-state index in [1.54, 1.807) is 20.8 Å². The van der Waals surface area contributed by atoms with Crippen molar-refractivity contribution in [1.82, 2.24) is 15.5 Å². The second kappa shape index (κ2) is 11.7. The van der Waals surface area contributed by atoms with Crippen molar-refractivity contribution in [3.05, 3.63) is 34.9 Å². The standard InChI is InChI=1S/C26H43N3O5/c1-11-26(9,10)29(23(32)20(15-30)28-24(33)34-25(6,7)8)21(22(31)27-16(2)3)19-14-17(4)12-13-18(19)5/h12-14,16,20-21,30H,11,15H2,1-10H3,(H,27,31)(H,28,33). The number of aryl methyl sites for hydroxylation is 2. The number of hydrogen-bond acceptors (Lipinski definition) is 5. The van der Waals surface area contributed by atoms with Gasteiger partial charge in [-0.25, -0.2) is 4.79 Å². The van der Waals surface area contributed by atoms with Crippen LogP contribution in [0.5, 0.6) is 0 Å². The summed E-state index contributed by atoms with van der Waals surface area (Å²) in [5.74, 6) is -0.891. The number of amides is 3. The lowest BCUT2D eigenvalue weighted by Gasteiger charge is -2.45. The molecule has 0 saturated heterocycles. The first-order chi connectivity index (χ1) is 15.5. The molecular formula is C26H43N3O5. The van der Waals surface area contributed by atoms with Crippen molar-refractivity contribution in [2.75, 3.05) is 6.61 Å². The van der Waals surface area contributed by atoms with Crippen molar-refractivity contribution in [3.63, 3.8) is 0 Å². The van der Waals surface area contributed by atoms with Crippen molar-refractivity contribution in [3.8, 4) is 0 Å². The highest BCUT2D eigenvalue weighted by atomic mass is 16.6. The maximum atomic E-state index is 13.9. The van der Waals surface area contributed by atoms with E-state index in [0.29, 0.717) is 12.0 Å². The van der Waals surface area contributed by atoms with Crippen LogP contribution in [0.2, 0.25) is 0 Å². The Labute approximate surface area is 204 Å². The number of nitrogens with one attached hydrogen (secondary N) is 2. The van der Waals surface area contributed by atoms with Crippen molar-refractivity contribution < 1.29 is 24.2 Å². The van der Waals surface area contributed by atoms with E-state index in [1.165, 1.54) is 4.90 Å². The van der Waals surface area contributed by atoms with Gasteiger partial charge >= 0.3 is 6.09 Å². The summed E-state index contributed by atoms with van der Waals surface area (Å²) in [7, 11) is 0. The quantitative estimate of drug-likeness (QED) is 0.502. The molecule has 0 aromatic heterocycles. The molecule has 0 aliphatic heterocycles. The summed E-state index contributed by atoms with van der Waals surface area (Å²) in [5, 5.41) is 15.5. The Hall–Kier alpha value is -2.61. The number of ether oxygens (including phenoxy) is 1. The third-order valence-corrected chi connectivity index (χ3v) is 5.59. The van der Waals surface area contributed by atoms with Gasteiger partial charge in [-0.3, -0.25) is 9.59 Å². The highest BCUT2D eigenvalue weighted by molar-refractivity contribution is 5.93. The Morgan fingerprint density at radius 3 is 2.12 bits per heavy atom. The summed E-state index contributed by atoms with van der Waals surface area (Å²) >= 11 is 0. The van der Waals surface area contributed by atoms with E-state index in [2.05, 4.69) is 10.6 Å². The lowest BCUT2D eigenvalue weighted by atomic mass is 9.89. The fraction of sp³-hybridized carbons (Fsp3) is 0.654. The van der Waals surface area contributed by atoms with Crippen molar-refractivity contribution in [1.29, 1.82) is 0 Å². The average molecular weight is 478 g/mol. The predicted octanol–water partition coefficient (Wildman–Crippen LogP) is 3.77. The molecule has 0 radical (unpaired) electrons. The number of rotatable bonds is 9. The lowest BCUT2D eigenvalue weighted by molar-refractivity contribution is -0.150. The zero-order chi connectivity index (χ0) is 26.4. The van der Waals surface area contributed by atoms with Crippen LogP contribution in [-0.2, 0) is 14.3 Å². The molecule has 34 heavy (non-hydrogen) atoms. The molecule has 1 aromatic rings. The van der Waals surface area contributed by atoms with Crippen molar-refractivity contribution >= 4 is 17.9 Å². The summed E-state index contributed by atoms with van der Waals surface area (Å²) < 4.78 is 5.28. The molecule has 0 spiro atoms. The van der Waals surface area contributed by atoms with Gasteiger partial charge in [-0.1, -0.05) is 30.7 Å². The molecule has 0 aliphatic carbocycles. The van der Waals surface area contributed by atoms with Crippen LogP contribution in [0.25, 0.3) is 0 Å². The SMILES string of the molecule is CCC(C)(C)N(C(=O)C(CO)NC(=O)OC(C)(C)C)C(C(=O)NC(C)C)c1cc(C)ccc1C. The highest BCUT2D eigenvalue weighted by Gasteiger charge is 2.43. The second-order valence-corrected chi connectivity index (χ2v) is 10.7. The summed E-state index contributed by atoms with van der Waals surface area (Å²) in [6, 6.07) is 3.40. The second-order valence-electron chi connectivity index (χ2n) is 10.7. The highest BCUT2D eigenvalue weighted by Crippen LogP contribution is 2.34. The van der Waals surface area contributed by atoms with Crippen molar-refractivity contribution in [2.24, 2.45) is 0 Å². The van der Waals surface area contributed by atoms with Gasteiger partial charge in [-0.15, -0.1) is 0 Å². The molecule has 2 unspecified atom stereocenters. The smallest absolute Gasteiger partial charge is 0.408 e. The third kappa shape index (κ3) is 8.01. The number of benzene rings is 1. The summed E-state index contributed by atoms with van der Waals surface area (Å²) in [6.45, 7) is 17.7. The fourth-order valence-corrected chi connectivity index (χ4v) is 3.56. The maximum absolute atomic E-state index is 13.9. The molecule has 0 heterocycles. The molecule has 1 aromatic carbocycles. The molecule has 1 rings (SSSR count). The van der Waals surface area contributed by atoms with E-state index >= 15 is 0 Å². The summed E-state index contributed by atoms with van der Waals surface area (Å²) in [4.78, 5) is 41.4. The van der Waals surface area contributed by atoms with Gasteiger partial charge in [0, 0.05) is 11.6 Å². The molecule has 2 atom stereocenters. The Morgan fingerprint density at radius 2 is 1.65 bits per heavy atom. The first-order valence-electron chi connectivity index (χ1n) is 11.8. The van der Waals surface area contributed by atoms with E-state index in [4.69, 9.17) is 4.74 Å². The van der Waals surface area contributed by atoms with E-state index in [0.717, 1.165) is 11.1 Å². The molecule has 3 amide bonds. The fourth-order valence-electron chi connectivity index (χ4n) is 3.56. The zero-order valence-electron chi connectivity index (χ0n) is 22.4. The van der Waals surface area contributed by atoms with Crippen LogP contribution in [0.4, 0.5) is 4.79 Å². The van der Waals surface area contributed by atoms with Gasteiger partial charge in [0.1, 0.15) is 17.7 Å². The minimum absolute atomic E-state index is 0.143. The number of alkyl carbamates (subject to hydrolysis) is 1. The van der Waals surface area contributed by atoms with Crippen molar-refractivity contribution in [2.45, 2.75) is 105 Å². The van der Waals surface area contributed by atoms with Gasteiger partial charge in [0.25, 0.3) is 0 Å². The first kappa shape index (κ1) is 29.4. The van der Waals surface area contributed by atoms with Crippen LogP contribution in [0.3, 0.4) is 0 Å². The van der Waals surface area contributed by atoms with E-state index in [9.17, 15) is 19.5 Å². The Bertz CT molecular complexity index is 874. The first-order valence-corrected chi connectivity index (χ1v) is 11.8. The molecule has 3 N–H and O–H groups in total. The summed E-state index contributed by atoms with van der Waals surface area (Å²) in [6.07, 6.45) is -0.274. The predicted molar refractivity (Wildman–Crippen MR) is 133 cm³/mol. The van der Waals surface area contributed by atoms with Crippen LogP contribution in [0, 0.1) is 13.8 Å².